The van der Waals surface area contributed by atoms with Crippen molar-refractivity contribution in [1.82, 2.24) is 15.5 Å². The number of imide groups is 1. The summed E-state index contributed by atoms with van der Waals surface area (Å²) in [6.07, 6.45) is 23.7. The zero-order valence-electron chi connectivity index (χ0n) is 25.5. The van der Waals surface area contributed by atoms with E-state index in [2.05, 4.69) is 52.2 Å². The fraction of sp³-hybridized carbons (Fsp3) is 0.938. The number of hydrogen-bond acceptors (Lipinski definition) is 3. The van der Waals surface area contributed by atoms with Crippen LogP contribution in [0.5, 0.6) is 0 Å². The summed E-state index contributed by atoms with van der Waals surface area (Å²) in [4.78, 5) is 28.2. The first-order chi connectivity index (χ1) is 17.7. The van der Waals surface area contributed by atoms with Gasteiger partial charge in [-0.15, -0.1) is 0 Å². The molecule has 0 radical (unpaired) electrons. The Labute approximate surface area is 229 Å². The molecule has 4 unspecified atom stereocenters. The summed E-state index contributed by atoms with van der Waals surface area (Å²) in [5.74, 6) is 0.0451. The third-order valence-electron chi connectivity index (χ3n) is 9.90. The lowest BCUT2D eigenvalue weighted by Crippen LogP contribution is -2.74. The van der Waals surface area contributed by atoms with E-state index in [9.17, 15) is 9.59 Å². The molecular weight excluding hydrogens is 458 g/mol. The lowest BCUT2D eigenvalue weighted by atomic mass is 9.61. The standard InChI is InChI=1S/C32H61N3O2/c1-7-10-11-12-13-14-15-16-17-18-19-20-21-22-23-24-25-35-28(36)32(33-29(35)37)26-30(5,8-2)34-31(6,9-3)27(32)4/h27,34H,7-26H2,1-6H3,(H,33,37). The van der Waals surface area contributed by atoms with Crippen LogP contribution in [0.1, 0.15) is 164 Å². The highest BCUT2D eigenvalue weighted by molar-refractivity contribution is 6.07. The number of rotatable bonds is 19. The fourth-order valence-electron chi connectivity index (χ4n) is 6.84. The predicted octanol–water partition coefficient (Wildman–Crippen LogP) is 8.51. The average molecular weight is 520 g/mol. The summed E-state index contributed by atoms with van der Waals surface area (Å²) in [6, 6.07) is -0.184. The molecule has 5 nitrogen and oxygen atoms in total. The van der Waals surface area contributed by atoms with Gasteiger partial charge < -0.3 is 10.6 Å². The van der Waals surface area contributed by atoms with Crippen molar-refractivity contribution < 1.29 is 9.59 Å². The highest BCUT2D eigenvalue weighted by Crippen LogP contribution is 2.46. The molecule has 2 N–H and O–H groups in total. The SMILES string of the molecule is CCCCCCCCCCCCCCCCCCN1C(=O)NC2(CC(C)(CC)NC(C)(CC)C2C)C1=O. The van der Waals surface area contributed by atoms with Gasteiger partial charge in [-0.05, 0) is 39.5 Å². The van der Waals surface area contributed by atoms with E-state index in [1.54, 1.807) is 0 Å². The summed E-state index contributed by atoms with van der Waals surface area (Å²) in [6.45, 7) is 13.7. The number of carbonyl (C=O) groups is 2. The van der Waals surface area contributed by atoms with Gasteiger partial charge >= 0.3 is 6.03 Å². The Kier molecular flexibility index (Phi) is 13.4. The van der Waals surface area contributed by atoms with Crippen LogP contribution in [0.15, 0.2) is 0 Å². The normalized spacial score (nSPS) is 29.9. The van der Waals surface area contributed by atoms with Crippen molar-refractivity contribution in [3.8, 4) is 0 Å². The summed E-state index contributed by atoms with van der Waals surface area (Å²) in [5, 5.41) is 7.04. The van der Waals surface area contributed by atoms with E-state index >= 15 is 0 Å². The largest absolute Gasteiger partial charge is 0.325 e. The Balaban J connectivity index is 1.62. The van der Waals surface area contributed by atoms with Crippen molar-refractivity contribution in [2.45, 2.75) is 180 Å². The number of carbonyl (C=O) groups excluding carboxylic acids is 2. The van der Waals surface area contributed by atoms with Crippen LogP contribution in [0.4, 0.5) is 4.79 Å². The monoisotopic (exact) mass is 519 g/mol. The van der Waals surface area contributed by atoms with Gasteiger partial charge in [-0.3, -0.25) is 9.69 Å². The van der Waals surface area contributed by atoms with Crippen LogP contribution in [0.25, 0.3) is 0 Å². The number of nitrogens with one attached hydrogen (secondary N) is 2. The van der Waals surface area contributed by atoms with Gasteiger partial charge in [0.1, 0.15) is 5.54 Å². The molecule has 5 heteroatoms. The Morgan fingerprint density at radius 3 is 1.62 bits per heavy atom. The maximum absolute atomic E-state index is 13.7. The Morgan fingerprint density at radius 1 is 0.730 bits per heavy atom. The van der Waals surface area contributed by atoms with E-state index in [1.807, 2.05) is 0 Å². The highest BCUT2D eigenvalue weighted by Gasteiger charge is 2.63. The van der Waals surface area contributed by atoms with E-state index in [1.165, 1.54) is 94.8 Å². The average Bonchev–Trinajstić information content (AvgIpc) is 3.11. The zero-order valence-corrected chi connectivity index (χ0v) is 25.5. The number of piperidine rings is 1. The highest BCUT2D eigenvalue weighted by atomic mass is 16.2. The second-order valence-electron chi connectivity index (χ2n) is 12.9. The van der Waals surface area contributed by atoms with E-state index in [-0.39, 0.29) is 28.9 Å². The topological polar surface area (TPSA) is 61.4 Å². The summed E-state index contributed by atoms with van der Waals surface area (Å²) >= 11 is 0. The first-order valence-corrected chi connectivity index (χ1v) is 16.1. The van der Waals surface area contributed by atoms with Gasteiger partial charge in [0, 0.05) is 23.5 Å². The zero-order chi connectivity index (χ0) is 27.4. The molecule has 0 aromatic heterocycles. The smallest absolute Gasteiger partial charge is 0.323 e. The van der Waals surface area contributed by atoms with Gasteiger partial charge in [0.25, 0.3) is 5.91 Å². The molecule has 0 aromatic rings. The van der Waals surface area contributed by atoms with Crippen molar-refractivity contribution in [2.24, 2.45) is 5.92 Å². The second kappa shape index (κ2) is 15.5. The maximum atomic E-state index is 13.7. The molecular formula is C32H61N3O2. The van der Waals surface area contributed by atoms with Crippen molar-refractivity contribution in [3.63, 3.8) is 0 Å². The van der Waals surface area contributed by atoms with Crippen LogP contribution in [0, 0.1) is 5.92 Å². The molecule has 0 aromatic carbocycles. The molecule has 3 amide bonds. The number of nitrogens with zero attached hydrogens (tertiary/aromatic N) is 1. The van der Waals surface area contributed by atoms with E-state index in [4.69, 9.17) is 0 Å². The van der Waals surface area contributed by atoms with E-state index in [0.29, 0.717) is 13.0 Å². The maximum Gasteiger partial charge on any atom is 0.325 e. The van der Waals surface area contributed by atoms with Crippen LogP contribution < -0.4 is 10.6 Å². The van der Waals surface area contributed by atoms with Gasteiger partial charge in [0.2, 0.25) is 0 Å². The van der Waals surface area contributed by atoms with Crippen LogP contribution in [0.2, 0.25) is 0 Å². The molecule has 2 heterocycles. The number of amides is 3. The molecule has 2 fully saturated rings. The van der Waals surface area contributed by atoms with Crippen molar-refractivity contribution in [3.05, 3.63) is 0 Å². The van der Waals surface area contributed by atoms with Crippen molar-refractivity contribution in [1.29, 1.82) is 0 Å². The second-order valence-corrected chi connectivity index (χ2v) is 12.9. The summed E-state index contributed by atoms with van der Waals surface area (Å²) < 4.78 is 0. The van der Waals surface area contributed by atoms with Gasteiger partial charge in [0.05, 0.1) is 0 Å². The molecule has 4 atom stereocenters. The number of hydrogen-bond donors (Lipinski definition) is 2. The fourth-order valence-corrected chi connectivity index (χ4v) is 6.84. The predicted molar refractivity (Wildman–Crippen MR) is 157 cm³/mol. The molecule has 2 aliphatic heterocycles. The molecule has 2 aliphatic rings. The van der Waals surface area contributed by atoms with E-state index in [0.717, 1.165) is 25.7 Å². The molecule has 0 bridgehead atoms. The van der Waals surface area contributed by atoms with Crippen molar-refractivity contribution in [2.75, 3.05) is 6.54 Å². The third kappa shape index (κ3) is 8.70. The molecule has 37 heavy (non-hydrogen) atoms. The molecule has 0 aliphatic carbocycles. The van der Waals surface area contributed by atoms with Crippen molar-refractivity contribution >= 4 is 11.9 Å². The Bertz CT molecular complexity index is 698. The van der Waals surface area contributed by atoms with Crippen LogP contribution in [-0.4, -0.2) is 40.0 Å². The minimum absolute atomic E-state index is 0.00630. The van der Waals surface area contributed by atoms with Crippen LogP contribution >= 0.6 is 0 Å². The van der Waals surface area contributed by atoms with Gasteiger partial charge in [-0.1, -0.05) is 124 Å². The molecule has 216 valence electrons. The first kappa shape index (κ1) is 32.1. The van der Waals surface area contributed by atoms with Gasteiger partial charge in [-0.2, -0.15) is 0 Å². The lowest BCUT2D eigenvalue weighted by molar-refractivity contribution is -0.138. The Hall–Kier alpha value is -1.10. The quantitative estimate of drug-likeness (QED) is 0.133. The summed E-state index contributed by atoms with van der Waals surface area (Å²) in [5.41, 5.74) is -1.13. The first-order valence-electron chi connectivity index (χ1n) is 16.1. The van der Waals surface area contributed by atoms with Crippen LogP contribution in [0.3, 0.4) is 0 Å². The minimum atomic E-state index is -0.785. The molecule has 2 rings (SSSR count). The third-order valence-corrected chi connectivity index (χ3v) is 9.90. The summed E-state index contributed by atoms with van der Waals surface area (Å²) in [7, 11) is 0. The lowest BCUT2D eigenvalue weighted by Gasteiger charge is -2.56. The minimum Gasteiger partial charge on any atom is -0.323 e. The Morgan fingerprint density at radius 2 is 1.19 bits per heavy atom. The van der Waals surface area contributed by atoms with Gasteiger partial charge in [-0.25, -0.2) is 4.79 Å². The molecule has 1 spiro atoms. The van der Waals surface area contributed by atoms with E-state index < -0.39 is 5.54 Å². The molecule has 0 saturated carbocycles. The van der Waals surface area contributed by atoms with Gasteiger partial charge in [0.15, 0.2) is 0 Å². The molecule has 2 saturated heterocycles. The number of unbranched alkanes of at least 4 members (excludes halogenated alkanes) is 15. The van der Waals surface area contributed by atoms with Crippen LogP contribution in [-0.2, 0) is 4.79 Å². The number of urea groups is 1.